The van der Waals surface area contributed by atoms with Gasteiger partial charge >= 0.3 is 0 Å². The molecule has 1 atom stereocenters. The van der Waals surface area contributed by atoms with Crippen molar-refractivity contribution in [1.82, 2.24) is 9.55 Å². The van der Waals surface area contributed by atoms with Gasteiger partial charge in [0.1, 0.15) is 0 Å². The highest BCUT2D eigenvalue weighted by atomic mass is 35.5. The summed E-state index contributed by atoms with van der Waals surface area (Å²) in [4.78, 5) is 17.1. The van der Waals surface area contributed by atoms with Crippen molar-refractivity contribution in [3.05, 3.63) is 77.1 Å². The number of nitrogens with zero attached hydrogens (tertiary/aromatic N) is 2. The third kappa shape index (κ3) is 10.8. The highest BCUT2D eigenvalue weighted by Crippen LogP contribution is 2.30. The van der Waals surface area contributed by atoms with Crippen molar-refractivity contribution in [2.24, 2.45) is 11.8 Å². The van der Waals surface area contributed by atoms with Crippen LogP contribution in [-0.2, 0) is 6.54 Å². The summed E-state index contributed by atoms with van der Waals surface area (Å²) in [5.74, 6) is -3.00. The Morgan fingerprint density at radius 1 is 1.09 bits per heavy atom. The first-order valence-electron chi connectivity index (χ1n) is 11.4. The van der Waals surface area contributed by atoms with Crippen LogP contribution < -0.4 is 5.32 Å². The van der Waals surface area contributed by atoms with Gasteiger partial charge in [-0.25, -0.2) is 18.2 Å². The first-order chi connectivity index (χ1) is 16.6. The molecule has 0 spiro atoms. The molecule has 192 valence electrons. The SMILES string of the molecule is CC.CC(C)C.CC(CSc1cc(C(=O)Nc2cc(F)c(F)c(F)c2)ccc1Cl)Cn1ccnc1. The minimum atomic E-state index is -1.59. The van der Waals surface area contributed by atoms with Crippen LogP contribution in [0.15, 0.2) is 53.9 Å². The van der Waals surface area contributed by atoms with Gasteiger partial charge in [0.05, 0.1) is 11.3 Å². The fourth-order valence-corrected chi connectivity index (χ4v) is 3.89. The average Bonchev–Trinajstić information content (AvgIpc) is 3.30. The van der Waals surface area contributed by atoms with Gasteiger partial charge in [-0.1, -0.05) is 53.1 Å². The predicted molar refractivity (Wildman–Crippen MR) is 140 cm³/mol. The van der Waals surface area contributed by atoms with Crippen molar-refractivity contribution in [3.8, 4) is 0 Å². The van der Waals surface area contributed by atoms with Gasteiger partial charge in [-0.05, 0) is 30.0 Å². The van der Waals surface area contributed by atoms with E-state index < -0.39 is 23.4 Å². The molecular formula is C26H33ClF3N3OS. The van der Waals surface area contributed by atoms with E-state index in [2.05, 4.69) is 38.0 Å². The summed E-state index contributed by atoms with van der Waals surface area (Å²) >= 11 is 7.74. The number of imidazole rings is 1. The van der Waals surface area contributed by atoms with Crippen LogP contribution in [0.2, 0.25) is 5.02 Å². The molecule has 1 N–H and O–H groups in total. The summed E-state index contributed by atoms with van der Waals surface area (Å²) in [6.07, 6.45) is 5.36. The van der Waals surface area contributed by atoms with E-state index >= 15 is 0 Å². The number of thioether (sulfide) groups is 1. The Bertz CT molecular complexity index is 1040. The van der Waals surface area contributed by atoms with Crippen molar-refractivity contribution in [3.63, 3.8) is 0 Å². The number of anilines is 1. The Morgan fingerprint density at radius 3 is 2.23 bits per heavy atom. The maximum absolute atomic E-state index is 13.3. The summed E-state index contributed by atoms with van der Waals surface area (Å²) in [5.41, 5.74) is 0.0915. The third-order valence-electron chi connectivity index (χ3n) is 4.04. The molecule has 35 heavy (non-hydrogen) atoms. The molecule has 9 heteroatoms. The quantitative estimate of drug-likeness (QED) is 0.248. The molecule has 0 bridgehead atoms. The van der Waals surface area contributed by atoms with Crippen molar-refractivity contribution in [2.45, 2.75) is 53.0 Å². The molecule has 0 saturated carbocycles. The zero-order valence-electron chi connectivity index (χ0n) is 20.9. The van der Waals surface area contributed by atoms with Crippen LogP contribution in [0.4, 0.5) is 18.9 Å². The standard InChI is InChI=1S/C20H17ClF3N3OS.C4H10.C2H6/c1-12(9-27-5-4-25-11-27)10-29-18-6-13(2-3-15(18)21)20(28)26-14-7-16(22)19(24)17(23)8-14;1-4(2)3;1-2/h2-8,11-12H,9-10H2,1H3,(H,26,28);4H,1-3H3;1-2H3. The Kier molecular flexibility index (Phi) is 13.6. The summed E-state index contributed by atoms with van der Waals surface area (Å²) in [7, 11) is 0. The lowest BCUT2D eigenvalue weighted by Crippen LogP contribution is -2.13. The van der Waals surface area contributed by atoms with Crippen LogP contribution in [0, 0.1) is 29.3 Å². The summed E-state index contributed by atoms with van der Waals surface area (Å²) < 4.78 is 41.7. The normalized spacial score (nSPS) is 11.2. The van der Waals surface area contributed by atoms with Gasteiger partial charge in [0.15, 0.2) is 17.5 Å². The molecule has 3 rings (SSSR count). The minimum absolute atomic E-state index is 0.176. The third-order valence-corrected chi connectivity index (χ3v) is 5.87. The van der Waals surface area contributed by atoms with E-state index in [9.17, 15) is 18.0 Å². The summed E-state index contributed by atoms with van der Waals surface area (Å²) in [6, 6.07) is 6.15. The fourth-order valence-electron chi connectivity index (χ4n) is 2.63. The smallest absolute Gasteiger partial charge is 0.255 e. The molecule has 1 heterocycles. The number of hydrogen-bond acceptors (Lipinski definition) is 3. The van der Waals surface area contributed by atoms with Gasteiger partial charge < -0.3 is 9.88 Å². The van der Waals surface area contributed by atoms with Crippen LogP contribution in [0.5, 0.6) is 0 Å². The number of halogens is 4. The van der Waals surface area contributed by atoms with E-state index in [0.717, 1.165) is 30.3 Å². The molecule has 2 aromatic carbocycles. The second-order valence-corrected chi connectivity index (χ2v) is 9.73. The number of amides is 1. The zero-order chi connectivity index (χ0) is 26.5. The van der Waals surface area contributed by atoms with Crippen molar-refractivity contribution in [2.75, 3.05) is 11.1 Å². The number of nitrogens with one attached hydrogen (secondary N) is 1. The number of carbonyl (C=O) groups excluding carboxylic acids is 1. The number of hydrogen-bond donors (Lipinski definition) is 1. The van der Waals surface area contributed by atoms with Gasteiger partial charge in [-0.15, -0.1) is 11.8 Å². The van der Waals surface area contributed by atoms with Crippen LogP contribution in [-0.4, -0.2) is 21.2 Å². The molecule has 0 saturated heterocycles. The number of rotatable bonds is 7. The van der Waals surface area contributed by atoms with Crippen LogP contribution in [0.25, 0.3) is 0 Å². The predicted octanol–water partition coefficient (Wildman–Crippen LogP) is 8.32. The van der Waals surface area contributed by atoms with Crippen molar-refractivity contribution < 1.29 is 18.0 Å². The molecule has 4 nitrogen and oxygen atoms in total. The monoisotopic (exact) mass is 527 g/mol. The van der Waals surface area contributed by atoms with Gasteiger partial charge in [0, 0.05) is 53.0 Å². The molecular weight excluding hydrogens is 495 g/mol. The van der Waals surface area contributed by atoms with Crippen molar-refractivity contribution >= 4 is 35.0 Å². The first kappa shape index (κ1) is 30.6. The molecule has 0 aliphatic heterocycles. The topological polar surface area (TPSA) is 46.9 Å². The largest absolute Gasteiger partial charge is 0.337 e. The zero-order valence-corrected chi connectivity index (χ0v) is 22.5. The van der Waals surface area contributed by atoms with Crippen LogP contribution in [0.3, 0.4) is 0 Å². The first-order valence-corrected chi connectivity index (χ1v) is 12.8. The van der Waals surface area contributed by atoms with E-state index in [1.807, 2.05) is 24.6 Å². The van der Waals surface area contributed by atoms with E-state index in [0.29, 0.717) is 15.8 Å². The highest BCUT2D eigenvalue weighted by molar-refractivity contribution is 7.99. The summed E-state index contributed by atoms with van der Waals surface area (Å²) in [5, 5.41) is 2.86. The van der Waals surface area contributed by atoms with Crippen LogP contribution in [0.1, 0.15) is 51.9 Å². The lowest BCUT2D eigenvalue weighted by Gasteiger charge is -2.13. The molecule has 0 aliphatic carbocycles. The lowest BCUT2D eigenvalue weighted by molar-refractivity contribution is 0.102. The number of aromatic nitrogens is 2. The maximum atomic E-state index is 13.3. The average molecular weight is 528 g/mol. The van der Waals surface area contributed by atoms with Gasteiger partial charge in [0.2, 0.25) is 0 Å². The molecule has 1 amide bonds. The molecule has 0 radical (unpaired) electrons. The fraction of sp³-hybridized carbons (Fsp3) is 0.385. The molecule has 3 aromatic rings. The molecule has 0 fully saturated rings. The minimum Gasteiger partial charge on any atom is -0.337 e. The second-order valence-electron chi connectivity index (χ2n) is 8.26. The molecule has 1 unspecified atom stereocenters. The van der Waals surface area contributed by atoms with Gasteiger partial charge in [-0.3, -0.25) is 4.79 Å². The number of benzene rings is 2. The molecule has 0 aliphatic rings. The van der Waals surface area contributed by atoms with E-state index in [1.54, 1.807) is 24.7 Å². The van der Waals surface area contributed by atoms with Gasteiger partial charge in [-0.2, -0.15) is 0 Å². The number of carbonyl (C=O) groups is 1. The Balaban J connectivity index is 0.000000926. The lowest BCUT2D eigenvalue weighted by atomic mass is 10.2. The Labute approximate surface area is 215 Å². The Hall–Kier alpha value is -2.45. The van der Waals surface area contributed by atoms with Crippen molar-refractivity contribution in [1.29, 1.82) is 0 Å². The van der Waals surface area contributed by atoms with E-state index in [4.69, 9.17) is 11.6 Å². The highest BCUT2D eigenvalue weighted by Gasteiger charge is 2.15. The van der Waals surface area contributed by atoms with Crippen LogP contribution >= 0.6 is 23.4 Å². The van der Waals surface area contributed by atoms with Gasteiger partial charge in [0.25, 0.3) is 5.91 Å². The Morgan fingerprint density at radius 2 is 1.69 bits per heavy atom. The summed E-state index contributed by atoms with van der Waals surface area (Å²) in [6.45, 7) is 13.4. The maximum Gasteiger partial charge on any atom is 0.255 e. The molecule has 1 aromatic heterocycles. The second kappa shape index (κ2) is 15.5. The van der Waals surface area contributed by atoms with E-state index in [-0.39, 0.29) is 11.3 Å². The van der Waals surface area contributed by atoms with E-state index in [1.165, 1.54) is 17.8 Å².